The smallest absolute Gasteiger partial charge is 0.340 e. The Kier molecular flexibility index (Phi) is 15.5. The number of carbonyl (C=O) groups is 1. The summed E-state index contributed by atoms with van der Waals surface area (Å²) in [5, 5.41) is 0. The first-order valence-corrected chi connectivity index (χ1v) is 6.11. The van der Waals surface area contributed by atoms with Crippen LogP contribution in [0.2, 0.25) is 0 Å². The molecule has 20 heavy (non-hydrogen) atoms. The quantitative estimate of drug-likeness (QED) is 0.733. The lowest BCUT2D eigenvalue weighted by Crippen LogP contribution is -2.42. The highest BCUT2D eigenvalue weighted by molar-refractivity contribution is 5.85. The zero-order valence-electron chi connectivity index (χ0n) is 11.8. The van der Waals surface area contributed by atoms with Crippen molar-refractivity contribution in [2.45, 2.75) is 26.4 Å². The van der Waals surface area contributed by atoms with Gasteiger partial charge >= 0.3 is 6.18 Å². The highest BCUT2D eigenvalue weighted by atomic mass is 35.5. The van der Waals surface area contributed by atoms with Crippen LogP contribution in [0.1, 0.15) is 20.3 Å². The van der Waals surface area contributed by atoms with Gasteiger partial charge in [-0.3, -0.25) is 4.79 Å². The zero-order chi connectivity index (χ0) is 14.2. The van der Waals surface area contributed by atoms with Gasteiger partial charge in [0.1, 0.15) is 0 Å². The first-order chi connectivity index (χ1) is 8.34. The number of halogens is 5. The van der Waals surface area contributed by atoms with Crippen LogP contribution in [0.25, 0.3) is 0 Å². The van der Waals surface area contributed by atoms with Crippen LogP contribution in [0, 0.1) is 0 Å². The van der Waals surface area contributed by atoms with Gasteiger partial charge < -0.3 is 15.5 Å². The molecule has 0 heterocycles. The van der Waals surface area contributed by atoms with Crippen molar-refractivity contribution in [3.05, 3.63) is 0 Å². The van der Waals surface area contributed by atoms with Crippen molar-refractivity contribution in [2.24, 2.45) is 5.73 Å². The van der Waals surface area contributed by atoms with Crippen molar-refractivity contribution in [1.82, 2.24) is 9.80 Å². The second kappa shape index (κ2) is 12.5. The standard InChI is InChI=1S/C11H22F3N3O.2ClH/c1-3-16(4-2)7-8-17(10(18)9-15)6-5-11(12,13)14;;/h3-9,15H2,1-2H3;2*1H. The lowest BCUT2D eigenvalue weighted by molar-refractivity contribution is -0.144. The Hall–Kier alpha value is -0.240. The normalized spacial score (nSPS) is 10.8. The Morgan fingerprint density at radius 3 is 1.90 bits per heavy atom. The molecule has 0 atom stereocenters. The molecule has 0 aliphatic rings. The van der Waals surface area contributed by atoms with Crippen molar-refractivity contribution in [2.75, 3.05) is 39.3 Å². The maximum Gasteiger partial charge on any atom is 0.390 e. The summed E-state index contributed by atoms with van der Waals surface area (Å²) in [4.78, 5) is 14.7. The fourth-order valence-electron chi connectivity index (χ4n) is 1.55. The number of alkyl halides is 3. The van der Waals surface area contributed by atoms with E-state index >= 15 is 0 Å². The summed E-state index contributed by atoms with van der Waals surface area (Å²) >= 11 is 0. The molecule has 1 amide bonds. The number of amides is 1. The minimum Gasteiger partial charge on any atom is -0.340 e. The highest BCUT2D eigenvalue weighted by Gasteiger charge is 2.28. The van der Waals surface area contributed by atoms with Gasteiger partial charge in [-0.15, -0.1) is 24.8 Å². The van der Waals surface area contributed by atoms with Crippen LogP contribution in [0.4, 0.5) is 13.2 Å². The molecule has 2 N–H and O–H groups in total. The van der Waals surface area contributed by atoms with E-state index in [1.54, 1.807) is 0 Å². The number of hydrogen-bond donors (Lipinski definition) is 1. The third-order valence-electron chi connectivity index (χ3n) is 2.77. The van der Waals surface area contributed by atoms with E-state index in [0.29, 0.717) is 6.54 Å². The Balaban J connectivity index is -0.00000144. The summed E-state index contributed by atoms with van der Waals surface area (Å²) in [7, 11) is 0. The van der Waals surface area contributed by atoms with Crippen LogP contribution >= 0.6 is 24.8 Å². The van der Waals surface area contributed by atoms with E-state index in [9.17, 15) is 18.0 Å². The van der Waals surface area contributed by atoms with Gasteiger partial charge in [0.05, 0.1) is 13.0 Å². The summed E-state index contributed by atoms with van der Waals surface area (Å²) in [5.41, 5.74) is 5.20. The molecule has 0 aromatic heterocycles. The van der Waals surface area contributed by atoms with E-state index in [2.05, 4.69) is 0 Å². The number of hydrogen-bond acceptors (Lipinski definition) is 3. The van der Waals surface area contributed by atoms with Crippen LogP contribution < -0.4 is 5.73 Å². The number of rotatable bonds is 8. The van der Waals surface area contributed by atoms with Crippen molar-refractivity contribution >= 4 is 30.7 Å². The summed E-state index contributed by atoms with van der Waals surface area (Å²) in [5.74, 6) is -0.439. The SMILES string of the molecule is CCN(CC)CCN(CCC(F)(F)F)C(=O)CN.Cl.Cl. The maximum absolute atomic E-state index is 12.1. The maximum atomic E-state index is 12.1. The van der Waals surface area contributed by atoms with Crippen molar-refractivity contribution < 1.29 is 18.0 Å². The van der Waals surface area contributed by atoms with E-state index in [0.717, 1.165) is 13.1 Å². The minimum atomic E-state index is -4.25. The molecule has 0 aliphatic carbocycles. The molecule has 0 aromatic rings. The third kappa shape index (κ3) is 11.6. The van der Waals surface area contributed by atoms with Gasteiger partial charge in [-0.05, 0) is 13.1 Å². The first-order valence-electron chi connectivity index (χ1n) is 6.11. The van der Waals surface area contributed by atoms with Crippen molar-refractivity contribution in [3.63, 3.8) is 0 Å². The lowest BCUT2D eigenvalue weighted by Gasteiger charge is -2.26. The van der Waals surface area contributed by atoms with Gasteiger partial charge in [0.2, 0.25) is 5.91 Å². The molecular formula is C11H24Cl2F3N3O. The molecule has 0 bridgehead atoms. The number of likely N-dealkylation sites (N-methyl/N-ethyl adjacent to an activating group) is 1. The van der Waals surface area contributed by atoms with Gasteiger partial charge in [-0.25, -0.2) is 0 Å². The van der Waals surface area contributed by atoms with Crippen molar-refractivity contribution in [1.29, 1.82) is 0 Å². The third-order valence-corrected chi connectivity index (χ3v) is 2.77. The Bertz CT molecular complexity index is 252. The molecule has 0 radical (unpaired) electrons. The van der Waals surface area contributed by atoms with E-state index in [1.807, 2.05) is 18.7 Å². The van der Waals surface area contributed by atoms with Crippen LogP contribution in [-0.4, -0.2) is 61.2 Å². The summed E-state index contributed by atoms with van der Waals surface area (Å²) in [6, 6.07) is 0. The lowest BCUT2D eigenvalue weighted by atomic mass is 10.3. The van der Waals surface area contributed by atoms with Gasteiger partial charge in [0.25, 0.3) is 0 Å². The predicted octanol–water partition coefficient (Wildman–Crippen LogP) is 1.91. The molecule has 0 saturated carbocycles. The van der Waals surface area contributed by atoms with Crippen molar-refractivity contribution in [3.8, 4) is 0 Å². The molecule has 9 heteroatoms. The molecule has 0 aliphatic heterocycles. The summed E-state index contributed by atoms with van der Waals surface area (Å²) in [6.07, 6.45) is -5.24. The van der Waals surface area contributed by atoms with E-state index < -0.39 is 18.5 Å². The average Bonchev–Trinajstić information content (AvgIpc) is 2.31. The molecular weight excluding hydrogens is 318 g/mol. The van der Waals surface area contributed by atoms with E-state index in [1.165, 1.54) is 4.90 Å². The van der Waals surface area contributed by atoms with Gasteiger partial charge in [-0.1, -0.05) is 13.8 Å². The number of carbonyl (C=O) groups excluding carboxylic acids is 1. The molecule has 0 aromatic carbocycles. The fraction of sp³-hybridized carbons (Fsp3) is 0.909. The van der Waals surface area contributed by atoms with E-state index in [-0.39, 0.29) is 44.4 Å². The largest absolute Gasteiger partial charge is 0.390 e. The highest BCUT2D eigenvalue weighted by Crippen LogP contribution is 2.19. The molecule has 0 unspecified atom stereocenters. The monoisotopic (exact) mass is 341 g/mol. The second-order valence-electron chi connectivity index (χ2n) is 3.98. The number of nitrogens with two attached hydrogens (primary N) is 1. The van der Waals surface area contributed by atoms with Crippen LogP contribution in [-0.2, 0) is 4.79 Å². The Labute approximate surface area is 130 Å². The fourth-order valence-corrected chi connectivity index (χ4v) is 1.55. The van der Waals surface area contributed by atoms with Crippen LogP contribution in [0.15, 0.2) is 0 Å². The van der Waals surface area contributed by atoms with Crippen LogP contribution in [0.3, 0.4) is 0 Å². The summed E-state index contributed by atoms with van der Waals surface area (Å²) < 4.78 is 36.4. The minimum absolute atomic E-state index is 0. The molecule has 4 nitrogen and oxygen atoms in total. The van der Waals surface area contributed by atoms with Crippen LogP contribution in [0.5, 0.6) is 0 Å². The zero-order valence-corrected chi connectivity index (χ0v) is 13.4. The summed E-state index contributed by atoms with van der Waals surface area (Å²) in [6.45, 7) is 5.82. The molecule has 0 rings (SSSR count). The topological polar surface area (TPSA) is 49.6 Å². The molecule has 0 fully saturated rings. The first kappa shape index (κ1) is 24.8. The van der Waals surface area contributed by atoms with Gasteiger partial charge in [-0.2, -0.15) is 13.2 Å². The Morgan fingerprint density at radius 1 is 1.05 bits per heavy atom. The average molecular weight is 342 g/mol. The number of nitrogens with zero attached hydrogens (tertiary/aromatic N) is 2. The second-order valence-corrected chi connectivity index (χ2v) is 3.98. The predicted molar refractivity (Wildman–Crippen MR) is 78.6 cm³/mol. The molecule has 124 valence electrons. The van der Waals surface area contributed by atoms with Gasteiger partial charge in [0.15, 0.2) is 0 Å². The molecule has 0 saturated heterocycles. The van der Waals surface area contributed by atoms with Gasteiger partial charge in [0, 0.05) is 19.6 Å². The van der Waals surface area contributed by atoms with E-state index in [4.69, 9.17) is 5.73 Å². The molecule has 0 spiro atoms. The Morgan fingerprint density at radius 2 is 1.55 bits per heavy atom.